The number of anilines is 1. The molecule has 1 heterocycles. The van der Waals surface area contributed by atoms with Crippen LogP contribution in [0.5, 0.6) is 5.88 Å². The van der Waals surface area contributed by atoms with E-state index < -0.39 is 0 Å². The summed E-state index contributed by atoms with van der Waals surface area (Å²) in [7, 11) is 0. The predicted octanol–water partition coefficient (Wildman–Crippen LogP) is 4.09. The smallest absolute Gasteiger partial charge is 0.238 e. The van der Waals surface area contributed by atoms with Crippen molar-refractivity contribution in [3.05, 3.63) is 47.1 Å². The lowest BCUT2D eigenvalue weighted by Crippen LogP contribution is -2.08. The van der Waals surface area contributed by atoms with Crippen LogP contribution in [0.25, 0.3) is 0 Å². The van der Waals surface area contributed by atoms with Gasteiger partial charge in [-0.1, -0.05) is 48.9 Å². The summed E-state index contributed by atoms with van der Waals surface area (Å²) >= 11 is 6.08. The largest absolute Gasteiger partial charge is 0.469 e. The Morgan fingerprint density at radius 2 is 2.05 bits per heavy atom. The Labute approximate surface area is 124 Å². The van der Waals surface area contributed by atoms with Gasteiger partial charge >= 0.3 is 0 Å². The number of rotatable bonds is 6. The normalized spacial score (nSPS) is 11.9. The number of hydrogen-bond donors (Lipinski definition) is 1. The van der Waals surface area contributed by atoms with Crippen molar-refractivity contribution >= 4 is 17.5 Å². The first-order chi connectivity index (χ1) is 9.70. The zero-order valence-electron chi connectivity index (χ0n) is 11.6. The van der Waals surface area contributed by atoms with E-state index in [0.29, 0.717) is 16.9 Å². The van der Waals surface area contributed by atoms with Crippen LogP contribution in [0.2, 0.25) is 5.02 Å². The first-order valence-electron chi connectivity index (χ1n) is 6.68. The lowest BCUT2D eigenvalue weighted by Gasteiger charge is -2.15. The summed E-state index contributed by atoms with van der Waals surface area (Å²) in [4.78, 5) is 8.42. The molecule has 1 N–H and O–H groups in total. The number of halogens is 1. The minimum Gasteiger partial charge on any atom is -0.469 e. The molecule has 4 nitrogen and oxygen atoms in total. The number of ether oxygens (including phenoxy) is 1. The lowest BCUT2D eigenvalue weighted by atomic mass is 10.1. The van der Waals surface area contributed by atoms with E-state index >= 15 is 0 Å². The van der Waals surface area contributed by atoms with E-state index in [0.717, 1.165) is 18.5 Å². The highest BCUT2D eigenvalue weighted by molar-refractivity contribution is 6.31. The SMILES string of the molecule is CCCNc1ncc(Cl)c(OC(C)c2ccccc2)n1. The summed E-state index contributed by atoms with van der Waals surface area (Å²) in [6.45, 7) is 4.86. The van der Waals surface area contributed by atoms with Crippen molar-refractivity contribution in [1.29, 1.82) is 0 Å². The van der Waals surface area contributed by atoms with Crippen molar-refractivity contribution < 1.29 is 4.74 Å². The predicted molar refractivity (Wildman–Crippen MR) is 81.3 cm³/mol. The van der Waals surface area contributed by atoms with Crippen molar-refractivity contribution in [1.82, 2.24) is 9.97 Å². The van der Waals surface area contributed by atoms with Crippen LogP contribution >= 0.6 is 11.6 Å². The van der Waals surface area contributed by atoms with Crippen molar-refractivity contribution in [2.24, 2.45) is 0 Å². The summed E-state index contributed by atoms with van der Waals surface area (Å²) in [6.07, 6.45) is 2.44. The second-order valence-electron chi connectivity index (χ2n) is 4.44. The van der Waals surface area contributed by atoms with Gasteiger partial charge in [0.05, 0.1) is 6.20 Å². The maximum atomic E-state index is 6.08. The van der Waals surface area contributed by atoms with Crippen LogP contribution in [0.3, 0.4) is 0 Å². The fourth-order valence-corrected chi connectivity index (χ4v) is 1.85. The Morgan fingerprint density at radius 3 is 2.75 bits per heavy atom. The van der Waals surface area contributed by atoms with Crippen LogP contribution < -0.4 is 10.1 Å². The summed E-state index contributed by atoms with van der Waals surface area (Å²) in [5, 5.41) is 3.53. The number of benzene rings is 1. The van der Waals surface area contributed by atoms with Gasteiger partial charge in [-0.3, -0.25) is 0 Å². The van der Waals surface area contributed by atoms with Gasteiger partial charge in [-0.15, -0.1) is 0 Å². The van der Waals surface area contributed by atoms with Gasteiger partial charge in [-0.05, 0) is 18.9 Å². The monoisotopic (exact) mass is 291 g/mol. The van der Waals surface area contributed by atoms with Gasteiger partial charge in [0.2, 0.25) is 11.8 Å². The molecular weight excluding hydrogens is 274 g/mol. The van der Waals surface area contributed by atoms with Crippen LogP contribution in [0, 0.1) is 0 Å². The molecule has 0 spiro atoms. The molecule has 2 aromatic rings. The molecule has 0 saturated carbocycles. The van der Waals surface area contributed by atoms with E-state index in [-0.39, 0.29) is 6.10 Å². The van der Waals surface area contributed by atoms with Gasteiger partial charge in [0, 0.05) is 6.54 Å². The quantitative estimate of drug-likeness (QED) is 0.871. The molecule has 1 unspecified atom stereocenters. The molecule has 0 radical (unpaired) electrons. The van der Waals surface area contributed by atoms with Gasteiger partial charge in [0.15, 0.2) is 0 Å². The van der Waals surface area contributed by atoms with E-state index in [4.69, 9.17) is 16.3 Å². The molecule has 1 aromatic heterocycles. The lowest BCUT2D eigenvalue weighted by molar-refractivity contribution is 0.217. The Kier molecular flexibility index (Phi) is 5.18. The van der Waals surface area contributed by atoms with Crippen molar-refractivity contribution in [3.8, 4) is 5.88 Å². The fourth-order valence-electron chi connectivity index (χ4n) is 1.72. The van der Waals surface area contributed by atoms with Crippen molar-refractivity contribution in [2.75, 3.05) is 11.9 Å². The Balaban J connectivity index is 2.11. The third kappa shape index (κ3) is 3.84. The molecule has 1 atom stereocenters. The molecule has 0 aliphatic heterocycles. The minimum absolute atomic E-state index is 0.123. The topological polar surface area (TPSA) is 47.0 Å². The maximum absolute atomic E-state index is 6.08. The first kappa shape index (κ1) is 14.6. The zero-order valence-corrected chi connectivity index (χ0v) is 12.4. The van der Waals surface area contributed by atoms with Crippen molar-refractivity contribution in [2.45, 2.75) is 26.4 Å². The number of aromatic nitrogens is 2. The molecule has 2 rings (SSSR count). The minimum atomic E-state index is -0.123. The standard InChI is InChI=1S/C15H18ClN3O/c1-3-9-17-15-18-10-13(16)14(19-15)20-11(2)12-7-5-4-6-8-12/h4-8,10-11H,3,9H2,1-2H3,(H,17,18,19). The molecule has 5 heteroatoms. The molecule has 0 fully saturated rings. The number of nitrogens with one attached hydrogen (secondary N) is 1. The van der Waals surface area contributed by atoms with E-state index in [9.17, 15) is 0 Å². The van der Waals surface area contributed by atoms with Crippen LogP contribution in [-0.2, 0) is 0 Å². The molecule has 0 aliphatic carbocycles. The van der Waals surface area contributed by atoms with Gasteiger partial charge in [0.25, 0.3) is 0 Å². The van der Waals surface area contributed by atoms with Crippen LogP contribution in [-0.4, -0.2) is 16.5 Å². The summed E-state index contributed by atoms with van der Waals surface area (Å²) in [5.74, 6) is 0.933. The van der Waals surface area contributed by atoms with E-state index in [1.807, 2.05) is 37.3 Å². The van der Waals surface area contributed by atoms with E-state index in [1.165, 1.54) is 0 Å². The highest BCUT2D eigenvalue weighted by Gasteiger charge is 2.12. The Morgan fingerprint density at radius 1 is 1.30 bits per heavy atom. The molecule has 0 amide bonds. The summed E-state index contributed by atoms with van der Waals surface area (Å²) < 4.78 is 5.83. The van der Waals surface area contributed by atoms with Crippen LogP contribution in [0.4, 0.5) is 5.95 Å². The Bertz CT molecular complexity index is 548. The molecule has 1 aromatic carbocycles. The number of nitrogens with zero attached hydrogens (tertiary/aromatic N) is 2. The highest BCUT2D eigenvalue weighted by Crippen LogP contribution is 2.27. The summed E-state index contributed by atoms with van der Waals surface area (Å²) in [5.41, 5.74) is 1.07. The van der Waals surface area contributed by atoms with Gasteiger partial charge < -0.3 is 10.1 Å². The maximum Gasteiger partial charge on any atom is 0.238 e. The van der Waals surface area contributed by atoms with Gasteiger partial charge in [-0.25, -0.2) is 4.98 Å². The molecule has 0 aliphatic rings. The second-order valence-corrected chi connectivity index (χ2v) is 4.85. The Hall–Kier alpha value is -1.81. The van der Waals surface area contributed by atoms with Crippen LogP contribution in [0.1, 0.15) is 31.9 Å². The first-order valence-corrected chi connectivity index (χ1v) is 7.06. The third-order valence-electron chi connectivity index (χ3n) is 2.80. The molecule has 20 heavy (non-hydrogen) atoms. The van der Waals surface area contributed by atoms with Gasteiger partial charge in [-0.2, -0.15) is 4.98 Å². The highest BCUT2D eigenvalue weighted by atomic mass is 35.5. The van der Waals surface area contributed by atoms with Crippen molar-refractivity contribution in [3.63, 3.8) is 0 Å². The fraction of sp³-hybridized carbons (Fsp3) is 0.333. The average molecular weight is 292 g/mol. The van der Waals surface area contributed by atoms with Gasteiger partial charge in [0.1, 0.15) is 11.1 Å². The molecule has 106 valence electrons. The molecule has 0 saturated heterocycles. The number of hydrogen-bond acceptors (Lipinski definition) is 4. The van der Waals surface area contributed by atoms with E-state index in [1.54, 1.807) is 6.20 Å². The summed E-state index contributed by atoms with van der Waals surface area (Å²) in [6, 6.07) is 9.95. The second kappa shape index (κ2) is 7.10. The third-order valence-corrected chi connectivity index (χ3v) is 3.06. The molecular formula is C15H18ClN3O. The molecule has 0 bridgehead atoms. The van der Waals surface area contributed by atoms with E-state index in [2.05, 4.69) is 22.2 Å². The zero-order chi connectivity index (χ0) is 14.4. The average Bonchev–Trinajstić information content (AvgIpc) is 2.49. The van der Waals surface area contributed by atoms with Crippen LogP contribution in [0.15, 0.2) is 36.5 Å².